The molecule has 0 unspecified atom stereocenters. The predicted molar refractivity (Wildman–Crippen MR) is 100 cm³/mol. The highest BCUT2D eigenvalue weighted by Crippen LogP contribution is 2.12. The minimum atomic E-state index is -0.125. The molecule has 0 aliphatic heterocycles. The summed E-state index contributed by atoms with van der Waals surface area (Å²) < 4.78 is 7.20. The number of hydrogen-bond acceptors (Lipinski definition) is 3. The molecule has 2 aromatic carbocycles. The molecule has 1 heterocycles. The summed E-state index contributed by atoms with van der Waals surface area (Å²) in [6.07, 6.45) is 0. The van der Waals surface area contributed by atoms with Crippen molar-refractivity contribution in [1.82, 2.24) is 9.55 Å². The average molecular weight is 326 g/mol. The van der Waals surface area contributed by atoms with E-state index < -0.39 is 0 Å². The van der Waals surface area contributed by atoms with E-state index in [4.69, 9.17) is 4.74 Å². The molecule has 0 saturated heterocycles. The van der Waals surface area contributed by atoms with Gasteiger partial charge in [0.25, 0.3) is 5.56 Å². The number of rotatable bonds is 3. The third-order valence-electron chi connectivity index (χ3n) is 3.17. The van der Waals surface area contributed by atoms with Gasteiger partial charge in [0.1, 0.15) is 18.1 Å². The number of nitrogens with zero attached hydrogens (tertiary/aromatic N) is 2. The molecule has 128 valence electrons. The average Bonchev–Trinajstić information content (AvgIpc) is 2.67. The second-order valence-corrected chi connectivity index (χ2v) is 4.51. The lowest BCUT2D eigenvalue weighted by Gasteiger charge is -2.09. The molecular formula is C20H26N2O2. The fourth-order valence-electron chi connectivity index (χ4n) is 2.10. The number of ether oxygens (including phenoxy) is 1. The highest BCUT2D eigenvalue weighted by Gasteiger charge is 2.08. The first-order chi connectivity index (χ1) is 11.8. The normalized spacial score (nSPS) is 9.38. The van der Waals surface area contributed by atoms with Crippen molar-refractivity contribution in [3.05, 3.63) is 70.6 Å². The Hall–Kier alpha value is -2.62. The summed E-state index contributed by atoms with van der Waals surface area (Å²) in [4.78, 5) is 16.6. The van der Waals surface area contributed by atoms with Crippen LogP contribution in [0.1, 0.15) is 33.4 Å². The van der Waals surface area contributed by atoms with Crippen LogP contribution < -0.4 is 10.3 Å². The van der Waals surface area contributed by atoms with Gasteiger partial charge in [0, 0.05) is 7.05 Å². The SMILES string of the molecule is CC.CC.Cn1c(=O)c(COc2ccccc2)nc2ccccc21. The van der Waals surface area contributed by atoms with Crippen LogP contribution in [0, 0.1) is 0 Å². The van der Waals surface area contributed by atoms with Crippen LogP contribution in [-0.2, 0) is 13.7 Å². The van der Waals surface area contributed by atoms with Crippen molar-refractivity contribution in [3.8, 4) is 5.75 Å². The van der Waals surface area contributed by atoms with Crippen molar-refractivity contribution >= 4 is 11.0 Å². The summed E-state index contributed by atoms with van der Waals surface area (Å²) in [5, 5.41) is 0. The molecule has 0 bridgehead atoms. The first-order valence-electron chi connectivity index (χ1n) is 8.38. The Morgan fingerprint density at radius 3 is 2.17 bits per heavy atom. The molecule has 4 nitrogen and oxygen atoms in total. The second-order valence-electron chi connectivity index (χ2n) is 4.51. The molecule has 1 aromatic heterocycles. The Labute approximate surface area is 143 Å². The second kappa shape index (κ2) is 10.2. The number of aryl methyl sites for hydroxylation is 1. The summed E-state index contributed by atoms with van der Waals surface area (Å²) >= 11 is 0. The highest BCUT2D eigenvalue weighted by molar-refractivity contribution is 5.74. The van der Waals surface area contributed by atoms with Crippen molar-refractivity contribution in [2.45, 2.75) is 34.3 Å². The zero-order valence-electron chi connectivity index (χ0n) is 15.1. The standard InChI is InChI=1S/C16H14N2O2.2C2H6/c1-18-15-10-6-5-9-13(15)17-14(16(18)19)11-20-12-7-3-2-4-8-12;2*1-2/h2-10H,11H2,1H3;2*1-2H3. The van der Waals surface area contributed by atoms with E-state index in [0.29, 0.717) is 5.69 Å². The molecule has 0 aliphatic carbocycles. The van der Waals surface area contributed by atoms with Crippen LogP contribution in [0.2, 0.25) is 0 Å². The molecule has 0 spiro atoms. The van der Waals surface area contributed by atoms with Crippen molar-refractivity contribution < 1.29 is 4.74 Å². The molecule has 3 rings (SSSR count). The van der Waals surface area contributed by atoms with Crippen LogP contribution >= 0.6 is 0 Å². The van der Waals surface area contributed by atoms with E-state index in [0.717, 1.165) is 16.8 Å². The molecule has 24 heavy (non-hydrogen) atoms. The lowest BCUT2D eigenvalue weighted by atomic mass is 10.3. The number of fused-ring (bicyclic) bond motifs is 1. The molecule has 0 atom stereocenters. The van der Waals surface area contributed by atoms with E-state index in [2.05, 4.69) is 4.98 Å². The van der Waals surface area contributed by atoms with E-state index in [1.54, 1.807) is 11.6 Å². The van der Waals surface area contributed by atoms with Crippen molar-refractivity contribution in [2.24, 2.45) is 7.05 Å². The van der Waals surface area contributed by atoms with Gasteiger partial charge in [-0.2, -0.15) is 0 Å². The van der Waals surface area contributed by atoms with E-state index in [9.17, 15) is 4.79 Å². The lowest BCUT2D eigenvalue weighted by molar-refractivity contribution is 0.299. The van der Waals surface area contributed by atoms with Crippen LogP contribution in [0.25, 0.3) is 11.0 Å². The molecule has 4 heteroatoms. The van der Waals surface area contributed by atoms with Gasteiger partial charge in [0.2, 0.25) is 0 Å². The maximum Gasteiger partial charge on any atom is 0.276 e. The molecule has 0 fully saturated rings. The fourth-order valence-corrected chi connectivity index (χ4v) is 2.10. The summed E-state index contributed by atoms with van der Waals surface area (Å²) in [5.74, 6) is 0.726. The molecule has 0 aliphatic rings. The molecule has 3 aromatic rings. The van der Waals surface area contributed by atoms with Crippen LogP contribution in [0.4, 0.5) is 0 Å². The lowest BCUT2D eigenvalue weighted by Crippen LogP contribution is -2.24. The van der Waals surface area contributed by atoms with E-state index in [-0.39, 0.29) is 12.2 Å². The minimum Gasteiger partial charge on any atom is -0.487 e. The van der Waals surface area contributed by atoms with Gasteiger partial charge < -0.3 is 9.30 Å². The number of aromatic nitrogens is 2. The van der Waals surface area contributed by atoms with Crippen molar-refractivity contribution in [1.29, 1.82) is 0 Å². The van der Waals surface area contributed by atoms with Crippen LogP contribution in [0.5, 0.6) is 5.75 Å². The van der Waals surface area contributed by atoms with Gasteiger partial charge in [-0.3, -0.25) is 4.79 Å². The van der Waals surface area contributed by atoms with Crippen molar-refractivity contribution in [3.63, 3.8) is 0 Å². The first-order valence-corrected chi connectivity index (χ1v) is 8.38. The van der Waals surface area contributed by atoms with Gasteiger partial charge in [0.15, 0.2) is 0 Å². The Morgan fingerprint density at radius 1 is 0.917 bits per heavy atom. The summed E-state index contributed by atoms with van der Waals surface area (Å²) in [6.45, 7) is 8.17. The molecule has 0 amide bonds. The van der Waals surface area contributed by atoms with Crippen LogP contribution in [0.15, 0.2) is 59.4 Å². The van der Waals surface area contributed by atoms with Crippen molar-refractivity contribution in [2.75, 3.05) is 0 Å². The quantitative estimate of drug-likeness (QED) is 0.708. The van der Waals surface area contributed by atoms with Crippen LogP contribution in [0.3, 0.4) is 0 Å². The number of hydrogen-bond donors (Lipinski definition) is 0. The molecule has 0 saturated carbocycles. The summed E-state index contributed by atoms with van der Waals surface area (Å²) in [5.41, 5.74) is 1.90. The van der Waals surface area contributed by atoms with Gasteiger partial charge in [-0.1, -0.05) is 58.0 Å². The number of para-hydroxylation sites is 3. The van der Waals surface area contributed by atoms with Gasteiger partial charge in [-0.05, 0) is 24.3 Å². The van der Waals surface area contributed by atoms with E-state index >= 15 is 0 Å². The summed E-state index contributed by atoms with van der Waals surface area (Å²) in [6, 6.07) is 17.0. The molecule has 0 N–H and O–H groups in total. The Morgan fingerprint density at radius 2 is 1.50 bits per heavy atom. The Kier molecular flexibility index (Phi) is 8.26. The third kappa shape index (κ3) is 4.69. The van der Waals surface area contributed by atoms with Gasteiger partial charge >= 0.3 is 0 Å². The smallest absolute Gasteiger partial charge is 0.276 e. The maximum atomic E-state index is 12.2. The molecule has 0 radical (unpaired) electrons. The summed E-state index contributed by atoms with van der Waals surface area (Å²) in [7, 11) is 1.75. The van der Waals surface area contributed by atoms with Crippen LogP contribution in [-0.4, -0.2) is 9.55 Å². The Balaban J connectivity index is 0.000000671. The van der Waals surface area contributed by atoms with E-state index in [1.807, 2.05) is 82.3 Å². The topological polar surface area (TPSA) is 44.1 Å². The predicted octanol–water partition coefficient (Wildman–Crippen LogP) is 4.56. The minimum absolute atomic E-state index is 0.125. The molecular weight excluding hydrogens is 300 g/mol. The largest absolute Gasteiger partial charge is 0.487 e. The first kappa shape index (κ1) is 19.4. The zero-order chi connectivity index (χ0) is 17.9. The highest BCUT2D eigenvalue weighted by atomic mass is 16.5. The van der Waals surface area contributed by atoms with E-state index in [1.165, 1.54) is 0 Å². The monoisotopic (exact) mass is 326 g/mol. The Bertz CT molecular complexity index is 796. The third-order valence-corrected chi connectivity index (χ3v) is 3.17. The van der Waals surface area contributed by atoms with Gasteiger partial charge in [0.05, 0.1) is 11.0 Å². The fraction of sp³-hybridized carbons (Fsp3) is 0.300. The maximum absolute atomic E-state index is 12.2. The van der Waals surface area contributed by atoms with Gasteiger partial charge in [-0.25, -0.2) is 4.98 Å². The number of benzene rings is 2. The zero-order valence-corrected chi connectivity index (χ0v) is 15.1. The van der Waals surface area contributed by atoms with Gasteiger partial charge in [-0.15, -0.1) is 0 Å².